The van der Waals surface area contributed by atoms with E-state index in [0.717, 1.165) is 28.8 Å². The number of rotatable bonds is 3. The minimum absolute atomic E-state index is 0.720. The maximum Gasteiger partial charge on any atom is 0.0881 e. The summed E-state index contributed by atoms with van der Waals surface area (Å²) in [6.07, 6.45) is 3.56. The average Bonchev–Trinajstić information content (AvgIpc) is 2.97. The van der Waals surface area contributed by atoms with E-state index in [9.17, 15) is 0 Å². The van der Waals surface area contributed by atoms with Crippen molar-refractivity contribution in [2.45, 2.75) is 6.54 Å². The second-order valence-electron chi connectivity index (χ2n) is 3.58. The summed E-state index contributed by atoms with van der Waals surface area (Å²) < 4.78 is 0. The van der Waals surface area contributed by atoms with E-state index in [1.807, 2.05) is 30.5 Å². The number of nitrogens with one attached hydrogen (secondary N) is 3. The molecule has 5 heteroatoms. The third-order valence-corrected chi connectivity index (χ3v) is 2.50. The fourth-order valence-electron chi connectivity index (χ4n) is 1.69. The van der Waals surface area contributed by atoms with Gasteiger partial charge >= 0.3 is 0 Å². The zero-order chi connectivity index (χ0) is 10.8. The lowest BCUT2D eigenvalue weighted by Crippen LogP contribution is -2.00. The number of nitrogens with zero attached hydrogens (tertiary/aromatic N) is 2. The maximum atomic E-state index is 4.02. The Hall–Kier alpha value is -2.30. The Kier molecular flexibility index (Phi) is 2.07. The summed E-state index contributed by atoms with van der Waals surface area (Å²) in [5.74, 6) is 0. The van der Waals surface area contributed by atoms with Crippen molar-refractivity contribution >= 4 is 16.6 Å². The van der Waals surface area contributed by atoms with Gasteiger partial charge in [-0.25, -0.2) is 0 Å². The molecule has 0 radical (unpaired) electrons. The fourth-order valence-corrected chi connectivity index (χ4v) is 1.69. The second kappa shape index (κ2) is 3.69. The highest BCUT2D eigenvalue weighted by Gasteiger charge is 2.02. The van der Waals surface area contributed by atoms with Crippen molar-refractivity contribution in [2.24, 2.45) is 0 Å². The molecule has 0 spiro atoms. The van der Waals surface area contributed by atoms with Crippen LogP contribution in [0.15, 0.2) is 36.7 Å². The predicted octanol–water partition coefficient (Wildman–Crippen LogP) is 1.90. The predicted molar refractivity (Wildman–Crippen MR) is 62.0 cm³/mol. The molecule has 0 fully saturated rings. The molecule has 3 aromatic rings. The molecule has 1 aromatic carbocycles. The van der Waals surface area contributed by atoms with Crippen LogP contribution in [0.1, 0.15) is 5.69 Å². The number of anilines is 1. The van der Waals surface area contributed by atoms with Crippen LogP contribution in [0.3, 0.4) is 0 Å². The van der Waals surface area contributed by atoms with Crippen LogP contribution < -0.4 is 5.32 Å². The van der Waals surface area contributed by atoms with Gasteiger partial charge in [-0.3, -0.25) is 10.2 Å². The van der Waals surface area contributed by atoms with Gasteiger partial charge in [0.15, 0.2) is 0 Å². The summed E-state index contributed by atoms with van der Waals surface area (Å²) >= 11 is 0. The van der Waals surface area contributed by atoms with Crippen molar-refractivity contribution in [3.05, 3.63) is 42.4 Å². The van der Waals surface area contributed by atoms with Gasteiger partial charge in [-0.2, -0.15) is 10.2 Å². The SMILES string of the molecule is c1cc(NCc2ccn[nH]2)c2[nH]ncc2c1. The van der Waals surface area contributed by atoms with Crippen LogP contribution in [-0.4, -0.2) is 20.4 Å². The molecule has 5 nitrogen and oxygen atoms in total. The van der Waals surface area contributed by atoms with Gasteiger partial charge in [-0.05, 0) is 12.1 Å². The number of benzene rings is 1. The van der Waals surface area contributed by atoms with Crippen molar-refractivity contribution < 1.29 is 0 Å². The second-order valence-corrected chi connectivity index (χ2v) is 3.58. The van der Waals surface area contributed by atoms with Crippen molar-refractivity contribution in [2.75, 3.05) is 5.32 Å². The lowest BCUT2D eigenvalue weighted by Gasteiger charge is -2.05. The molecule has 0 saturated heterocycles. The number of para-hydroxylation sites is 1. The van der Waals surface area contributed by atoms with Crippen LogP contribution in [0, 0.1) is 0 Å². The largest absolute Gasteiger partial charge is 0.378 e. The highest BCUT2D eigenvalue weighted by atomic mass is 15.1. The monoisotopic (exact) mass is 213 g/mol. The Morgan fingerprint density at radius 3 is 3.00 bits per heavy atom. The van der Waals surface area contributed by atoms with Gasteiger partial charge in [0, 0.05) is 11.6 Å². The molecule has 0 aliphatic heterocycles. The number of hydrogen-bond acceptors (Lipinski definition) is 3. The highest BCUT2D eigenvalue weighted by Crippen LogP contribution is 2.20. The smallest absolute Gasteiger partial charge is 0.0881 e. The first-order chi connectivity index (χ1) is 7.93. The number of hydrogen-bond donors (Lipinski definition) is 3. The van der Waals surface area contributed by atoms with E-state index in [2.05, 4.69) is 25.7 Å². The number of fused-ring (bicyclic) bond motifs is 1. The van der Waals surface area contributed by atoms with Gasteiger partial charge in [-0.15, -0.1) is 0 Å². The van der Waals surface area contributed by atoms with Gasteiger partial charge in [-0.1, -0.05) is 12.1 Å². The summed E-state index contributed by atoms with van der Waals surface area (Å²) in [6.45, 7) is 0.720. The lowest BCUT2D eigenvalue weighted by atomic mass is 10.2. The van der Waals surface area contributed by atoms with Gasteiger partial charge in [0.2, 0.25) is 0 Å². The fraction of sp³-hybridized carbons (Fsp3) is 0.0909. The minimum atomic E-state index is 0.720. The topological polar surface area (TPSA) is 69.4 Å². The van der Waals surface area contributed by atoms with E-state index in [1.165, 1.54) is 0 Å². The molecule has 0 saturated carbocycles. The normalized spacial score (nSPS) is 10.8. The van der Waals surface area contributed by atoms with Crippen LogP contribution in [0.5, 0.6) is 0 Å². The Bertz CT molecular complexity index is 581. The van der Waals surface area contributed by atoms with E-state index in [1.54, 1.807) is 6.20 Å². The molecular weight excluding hydrogens is 202 g/mol. The van der Waals surface area contributed by atoms with Crippen LogP contribution in [0.25, 0.3) is 10.9 Å². The molecule has 16 heavy (non-hydrogen) atoms. The molecule has 0 bridgehead atoms. The molecular formula is C11H11N5. The summed E-state index contributed by atoms with van der Waals surface area (Å²) in [4.78, 5) is 0. The van der Waals surface area contributed by atoms with Crippen LogP contribution in [0.4, 0.5) is 5.69 Å². The summed E-state index contributed by atoms with van der Waals surface area (Å²) in [5.41, 5.74) is 3.13. The molecule has 0 amide bonds. The Morgan fingerprint density at radius 2 is 2.12 bits per heavy atom. The summed E-state index contributed by atoms with van der Waals surface area (Å²) in [5, 5.41) is 18.3. The number of aromatic amines is 2. The first-order valence-corrected chi connectivity index (χ1v) is 5.08. The quantitative estimate of drug-likeness (QED) is 0.622. The molecule has 3 N–H and O–H groups in total. The van der Waals surface area contributed by atoms with Crippen LogP contribution in [-0.2, 0) is 6.54 Å². The standard InChI is InChI=1S/C11H11N5/c1-2-8-6-14-16-11(8)10(3-1)12-7-9-4-5-13-15-9/h1-6,12H,7H2,(H,13,15)(H,14,16). The zero-order valence-electron chi connectivity index (χ0n) is 8.57. The third kappa shape index (κ3) is 1.52. The first-order valence-electron chi connectivity index (χ1n) is 5.08. The Morgan fingerprint density at radius 1 is 1.12 bits per heavy atom. The highest BCUT2D eigenvalue weighted by molar-refractivity contribution is 5.89. The lowest BCUT2D eigenvalue weighted by molar-refractivity contribution is 0.981. The zero-order valence-corrected chi connectivity index (χ0v) is 8.57. The van der Waals surface area contributed by atoms with Gasteiger partial charge < -0.3 is 5.32 Å². The molecule has 0 atom stereocenters. The summed E-state index contributed by atoms with van der Waals surface area (Å²) in [6, 6.07) is 8.00. The molecule has 2 aromatic heterocycles. The van der Waals surface area contributed by atoms with E-state index >= 15 is 0 Å². The molecule has 80 valence electrons. The van der Waals surface area contributed by atoms with E-state index in [4.69, 9.17) is 0 Å². The van der Waals surface area contributed by atoms with Crippen molar-refractivity contribution in [3.8, 4) is 0 Å². The maximum absolute atomic E-state index is 4.02. The van der Waals surface area contributed by atoms with Crippen molar-refractivity contribution in [1.29, 1.82) is 0 Å². The van der Waals surface area contributed by atoms with Crippen LogP contribution in [0.2, 0.25) is 0 Å². The molecule has 0 aliphatic carbocycles. The van der Waals surface area contributed by atoms with Gasteiger partial charge in [0.25, 0.3) is 0 Å². The Labute approximate surface area is 91.9 Å². The minimum Gasteiger partial charge on any atom is -0.378 e. The Balaban J connectivity index is 1.86. The molecule has 2 heterocycles. The molecule has 3 rings (SSSR count). The van der Waals surface area contributed by atoms with Crippen molar-refractivity contribution in [3.63, 3.8) is 0 Å². The van der Waals surface area contributed by atoms with E-state index in [-0.39, 0.29) is 0 Å². The van der Waals surface area contributed by atoms with Gasteiger partial charge in [0.05, 0.1) is 29.6 Å². The molecule has 0 unspecified atom stereocenters. The first kappa shape index (κ1) is 8.96. The average molecular weight is 213 g/mol. The third-order valence-electron chi connectivity index (χ3n) is 2.50. The number of aromatic nitrogens is 4. The van der Waals surface area contributed by atoms with E-state index in [0.29, 0.717) is 0 Å². The van der Waals surface area contributed by atoms with Crippen LogP contribution >= 0.6 is 0 Å². The van der Waals surface area contributed by atoms with Crippen molar-refractivity contribution in [1.82, 2.24) is 20.4 Å². The summed E-state index contributed by atoms with van der Waals surface area (Å²) in [7, 11) is 0. The van der Waals surface area contributed by atoms with E-state index < -0.39 is 0 Å². The number of H-pyrrole nitrogens is 2. The van der Waals surface area contributed by atoms with Gasteiger partial charge in [0.1, 0.15) is 0 Å². The molecule has 0 aliphatic rings.